The Bertz CT molecular complexity index is 382. The minimum atomic E-state index is -0.907. The first-order chi connectivity index (χ1) is 7.65. The summed E-state index contributed by atoms with van der Waals surface area (Å²) >= 11 is 0. The van der Waals surface area contributed by atoms with E-state index in [0.717, 1.165) is 12.0 Å². The number of aromatic nitrogens is 2. The first kappa shape index (κ1) is 11.1. The van der Waals surface area contributed by atoms with Crippen molar-refractivity contribution in [2.24, 2.45) is 5.73 Å². The van der Waals surface area contributed by atoms with Crippen LogP contribution in [-0.2, 0) is 16.0 Å². The number of hydrogen-bond donors (Lipinski definition) is 3. The maximum absolute atomic E-state index is 11.9. The highest BCUT2D eigenvalue weighted by molar-refractivity contribution is 5.98. The fraction of sp³-hybridized carbons (Fsp3) is 0.600. The number of carbonyl (C=O) groups excluding carboxylic acids is 1. The second kappa shape index (κ2) is 4.23. The van der Waals surface area contributed by atoms with Crippen molar-refractivity contribution in [2.75, 3.05) is 18.5 Å². The fourth-order valence-electron chi connectivity index (χ4n) is 1.69. The van der Waals surface area contributed by atoms with Crippen LogP contribution in [0.15, 0.2) is 6.20 Å². The minimum absolute atomic E-state index is 0.219. The van der Waals surface area contributed by atoms with Gasteiger partial charge in [-0.15, -0.1) is 0 Å². The van der Waals surface area contributed by atoms with Crippen LogP contribution in [0, 0.1) is 0 Å². The molecule has 2 heterocycles. The SMILES string of the molecule is CCc1cn[nH]c1NC(=O)C1(N)CCOC1. The van der Waals surface area contributed by atoms with E-state index >= 15 is 0 Å². The van der Waals surface area contributed by atoms with E-state index in [1.807, 2.05) is 6.92 Å². The Morgan fingerprint density at radius 3 is 3.25 bits per heavy atom. The average Bonchev–Trinajstić information content (AvgIpc) is 2.87. The van der Waals surface area contributed by atoms with E-state index in [1.165, 1.54) is 0 Å². The highest BCUT2D eigenvalue weighted by Crippen LogP contribution is 2.19. The van der Waals surface area contributed by atoms with Crippen LogP contribution in [0.5, 0.6) is 0 Å². The summed E-state index contributed by atoms with van der Waals surface area (Å²) < 4.78 is 5.15. The van der Waals surface area contributed by atoms with Gasteiger partial charge in [0.15, 0.2) is 0 Å². The summed E-state index contributed by atoms with van der Waals surface area (Å²) in [6.07, 6.45) is 3.05. The van der Waals surface area contributed by atoms with Crippen LogP contribution >= 0.6 is 0 Å². The van der Waals surface area contributed by atoms with Crippen molar-refractivity contribution in [2.45, 2.75) is 25.3 Å². The molecule has 1 aromatic heterocycles. The van der Waals surface area contributed by atoms with Crippen molar-refractivity contribution < 1.29 is 9.53 Å². The van der Waals surface area contributed by atoms with Gasteiger partial charge in [0, 0.05) is 12.2 Å². The first-order valence-corrected chi connectivity index (χ1v) is 5.36. The molecule has 0 aromatic carbocycles. The summed E-state index contributed by atoms with van der Waals surface area (Å²) in [5, 5.41) is 9.40. The van der Waals surface area contributed by atoms with Gasteiger partial charge in [-0.3, -0.25) is 9.89 Å². The highest BCUT2D eigenvalue weighted by Gasteiger charge is 2.38. The lowest BCUT2D eigenvalue weighted by atomic mass is 9.99. The number of anilines is 1. The molecule has 0 aliphatic carbocycles. The van der Waals surface area contributed by atoms with Crippen molar-refractivity contribution in [3.05, 3.63) is 11.8 Å². The Kier molecular flexibility index (Phi) is 2.93. The van der Waals surface area contributed by atoms with Gasteiger partial charge in [-0.1, -0.05) is 6.92 Å². The molecule has 0 bridgehead atoms. The van der Waals surface area contributed by atoms with Crippen LogP contribution in [0.3, 0.4) is 0 Å². The molecule has 1 saturated heterocycles. The molecule has 1 amide bonds. The molecule has 16 heavy (non-hydrogen) atoms. The van der Waals surface area contributed by atoms with Crippen molar-refractivity contribution in [1.82, 2.24) is 10.2 Å². The molecule has 1 aliphatic heterocycles. The predicted molar refractivity (Wildman–Crippen MR) is 58.9 cm³/mol. The fourth-order valence-corrected chi connectivity index (χ4v) is 1.69. The number of nitrogens with two attached hydrogens (primary N) is 1. The topological polar surface area (TPSA) is 93.0 Å². The number of ether oxygens (including phenoxy) is 1. The molecule has 0 saturated carbocycles. The summed E-state index contributed by atoms with van der Waals surface area (Å²) in [6.45, 7) is 2.80. The van der Waals surface area contributed by atoms with Crippen LogP contribution in [0.2, 0.25) is 0 Å². The number of H-pyrrole nitrogens is 1. The summed E-state index contributed by atoms with van der Waals surface area (Å²) in [7, 11) is 0. The molecule has 1 atom stereocenters. The third kappa shape index (κ3) is 1.94. The molecule has 4 N–H and O–H groups in total. The minimum Gasteiger partial charge on any atom is -0.379 e. The number of nitrogens with one attached hydrogen (secondary N) is 2. The molecule has 6 heteroatoms. The molecule has 1 aromatic rings. The van der Waals surface area contributed by atoms with E-state index in [1.54, 1.807) is 6.20 Å². The highest BCUT2D eigenvalue weighted by atomic mass is 16.5. The number of carbonyl (C=O) groups is 1. The normalized spacial score (nSPS) is 24.6. The van der Waals surface area contributed by atoms with Gasteiger partial charge in [0.05, 0.1) is 12.8 Å². The first-order valence-electron chi connectivity index (χ1n) is 5.36. The second-order valence-electron chi connectivity index (χ2n) is 4.04. The van der Waals surface area contributed by atoms with Crippen LogP contribution < -0.4 is 11.1 Å². The average molecular weight is 224 g/mol. The van der Waals surface area contributed by atoms with Crippen molar-refractivity contribution in [1.29, 1.82) is 0 Å². The number of hydrogen-bond acceptors (Lipinski definition) is 4. The summed E-state index contributed by atoms with van der Waals surface area (Å²) in [5.74, 6) is 0.410. The Morgan fingerprint density at radius 2 is 2.62 bits per heavy atom. The molecule has 0 spiro atoms. The Balaban J connectivity index is 2.07. The van der Waals surface area contributed by atoms with E-state index in [-0.39, 0.29) is 12.5 Å². The lowest BCUT2D eigenvalue weighted by molar-refractivity contribution is -0.121. The Labute approximate surface area is 93.5 Å². The van der Waals surface area contributed by atoms with Crippen LogP contribution in [0.25, 0.3) is 0 Å². The van der Waals surface area contributed by atoms with Gasteiger partial charge in [0.2, 0.25) is 5.91 Å². The number of aryl methyl sites for hydroxylation is 1. The molecular formula is C10H16N4O2. The number of nitrogens with zero attached hydrogens (tertiary/aromatic N) is 1. The largest absolute Gasteiger partial charge is 0.379 e. The Hall–Kier alpha value is -1.40. The Morgan fingerprint density at radius 1 is 1.81 bits per heavy atom. The van der Waals surface area contributed by atoms with Crippen LogP contribution in [0.1, 0.15) is 18.9 Å². The number of aromatic amines is 1. The zero-order valence-corrected chi connectivity index (χ0v) is 9.25. The third-order valence-electron chi connectivity index (χ3n) is 2.84. The summed E-state index contributed by atoms with van der Waals surface area (Å²) in [5.41, 5.74) is 6.00. The maximum Gasteiger partial charge on any atom is 0.248 e. The van der Waals surface area contributed by atoms with Crippen LogP contribution in [-0.4, -0.2) is 34.9 Å². The second-order valence-corrected chi connectivity index (χ2v) is 4.04. The van der Waals surface area contributed by atoms with Gasteiger partial charge in [0.25, 0.3) is 0 Å². The molecule has 1 fully saturated rings. The standard InChI is InChI=1S/C10H16N4O2/c1-2-7-5-12-14-8(7)13-9(15)10(11)3-4-16-6-10/h5H,2-4,6,11H2,1H3,(H2,12,13,14,15). The monoisotopic (exact) mass is 224 g/mol. The van der Waals surface area contributed by atoms with Crippen molar-refractivity contribution in [3.63, 3.8) is 0 Å². The number of rotatable bonds is 3. The molecule has 88 valence electrons. The van der Waals surface area contributed by atoms with E-state index in [9.17, 15) is 4.79 Å². The van der Waals surface area contributed by atoms with Crippen LogP contribution in [0.4, 0.5) is 5.82 Å². The summed E-state index contributed by atoms with van der Waals surface area (Å²) in [6, 6.07) is 0. The third-order valence-corrected chi connectivity index (χ3v) is 2.84. The van der Waals surface area contributed by atoms with E-state index in [0.29, 0.717) is 18.8 Å². The van der Waals surface area contributed by atoms with E-state index in [4.69, 9.17) is 10.5 Å². The molecular weight excluding hydrogens is 208 g/mol. The predicted octanol–water partition coefficient (Wildman–Crippen LogP) is 0.0284. The molecule has 0 radical (unpaired) electrons. The quantitative estimate of drug-likeness (QED) is 0.675. The van der Waals surface area contributed by atoms with Gasteiger partial charge < -0.3 is 15.8 Å². The molecule has 1 unspecified atom stereocenters. The van der Waals surface area contributed by atoms with E-state index in [2.05, 4.69) is 15.5 Å². The smallest absolute Gasteiger partial charge is 0.248 e. The molecule has 1 aliphatic rings. The van der Waals surface area contributed by atoms with Gasteiger partial charge in [-0.25, -0.2) is 0 Å². The number of amides is 1. The van der Waals surface area contributed by atoms with Gasteiger partial charge >= 0.3 is 0 Å². The molecule has 2 rings (SSSR count). The lowest BCUT2D eigenvalue weighted by Crippen LogP contribution is -2.51. The van der Waals surface area contributed by atoms with Crippen molar-refractivity contribution >= 4 is 11.7 Å². The molecule has 6 nitrogen and oxygen atoms in total. The van der Waals surface area contributed by atoms with Gasteiger partial charge in [0.1, 0.15) is 11.4 Å². The van der Waals surface area contributed by atoms with Gasteiger partial charge in [-0.05, 0) is 12.8 Å². The van der Waals surface area contributed by atoms with Crippen molar-refractivity contribution in [3.8, 4) is 0 Å². The summed E-state index contributed by atoms with van der Waals surface area (Å²) in [4.78, 5) is 11.9. The van der Waals surface area contributed by atoms with Gasteiger partial charge in [-0.2, -0.15) is 5.10 Å². The lowest BCUT2D eigenvalue weighted by Gasteiger charge is -2.20. The maximum atomic E-state index is 11.9. The van der Waals surface area contributed by atoms with E-state index < -0.39 is 5.54 Å². The zero-order valence-electron chi connectivity index (χ0n) is 9.25. The zero-order chi connectivity index (χ0) is 11.6.